The molecule has 5 rings (SSSR count). The maximum absolute atomic E-state index is 15.0. The summed E-state index contributed by atoms with van der Waals surface area (Å²) in [4.78, 5) is 6.38. The Balaban J connectivity index is 1.42. The fourth-order valence-electron chi connectivity index (χ4n) is 4.88. The van der Waals surface area contributed by atoms with Gasteiger partial charge in [0.05, 0.1) is 29.4 Å². The van der Waals surface area contributed by atoms with Crippen LogP contribution in [0.15, 0.2) is 36.5 Å². The highest BCUT2D eigenvalue weighted by Crippen LogP contribution is 2.34. The van der Waals surface area contributed by atoms with Crippen LogP contribution in [0.2, 0.25) is 0 Å². The van der Waals surface area contributed by atoms with Crippen LogP contribution >= 0.6 is 0 Å². The zero-order valence-electron chi connectivity index (χ0n) is 20.1. The van der Waals surface area contributed by atoms with Crippen molar-refractivity contribution in [2.75, 3.05) is 19.7 Å². The van der Waals surface area contributed by atoms with Crippen molar-refractivity contribution in [1.82, 2.24) is 29.9 Å². The van der Waals surface area contributed by atoms with Gasteiger partial charge >= 0.3 is 0 Å². The van der Waals surface area contributed by atoms with E-state index in [4.69, 9.17) is 9.84 Å². The number of hydrogen-bond donors (Lipinski definition) is 0. The third-order valence-corrected chi connectivity index (χ3v) is 6.67. The SMILES string of the molecule is CCOc1ccc(-n2nc3c(C4CCN(Cc5ncccc5F)CC4)nnc(C)c3c2C)c(F)c1. The number of likely N-dealkylation sites (tertiary alicyclic amines) is 1. The molecule has 7 nitrogen and oxygen atoms in total. The molecule has 182 valence electrons. The van der Waals surface area contributed by atoms with Gasteiger partial charge in [0.15, 0.2) is 5.82 Å². The van der Waals surface area contributed by atoms with E-state index >= 15 is 0 Å². The summed E-state index contributed by atoms with van der Waals surface area (Å²) >= 11 is 0. The molecule has 0 spiro atoms. The molecule has 1 fully saturated rings. The van der Waals surface area contributed by atoms with Gasteiger partial charge in [-0.1, -0.05) is 0 Å². The van der Waals surface area contributed by atoms with Crippen LogP contribution in [0.5, 0.6) is 5.75 Å². The van der Waals surface area contributed by atoms with Gasteiger partial charge in [-0.2, -0.15) is 15.3 Å². The van der Waals surface area contributed by atoms with Crippen molar-refractivity contribution in [3.63, 3.8) is 0 Å². The van der Waals surface area contributed by atoms with E-state index in [1.807, 2.05) is 20.8 Å². The second kappa shape index (κ2) is 9.65. The van der Waals surface area contributed by atoms with Crippen LogP contribution < -0.4 is 4.74 Å². The zero-order chi connectivity index (χ0) is 24.5. The molecule has 1 aromatic carbocycles. The molecule has 1 aliphatic rings. The van der Waals surface area contributed by atoms with Gasteiger partial charge in [0.1, 0.15) is 22.8 Å². The van der Waals surface area contributed by atoms with E-state index in [0.29, 0.717) is 30.3 Å². The van der Waals surface area contributed by atoms with Gasteiger partial charge in [-0.15, -0.1) is 0 Å². The molecule has 1 saturated heterocycles. The Morgan fingerprint density at radius 3 is 2.57 bits per heavy atom. The Hall–Kier alpha value is -3.46. The van der Waals surface area contributed by atoms with Crippen LogP contribution in [-0.4, -0.2) is 49.6 Å². The average Bonchev–Trinajstić information content (AvgIpc) is 3.19. The summed E-state index contributed by atoms with van der Waals surface area (Å²) in [7, 11) is 0. The Kier molecular flexibility index (Phi) is 6.42. The molecule has 1 aliphatic heterocycles. The number of fused-ring (bicyclic) bond motifs is 1. The predicted molar refractivity (Wildman–Crippen MR) is 129 cm³/mol. The van der Waals surface area contributed by atoms with Crippen LogP contribution in [-0.2, 0) is 6.54 Å². The number of pyridine rings is 1. The zero-order valence-corrected chi connectivity index (χ0v) is 20.1. The second-order valence-electron chi connectivity index (χ2n) is 8.92. The van der Waals surface area contributed by atoms with Crippen molar-refractivity contribution in [3.05, 3.63) is 70.9 Å². The van der Waals surface area contributed by atoms with Crippen molar-refractivity contribution in [2.45, 2.75) is 46.1 Å². The van der Waals surface area contributed by atoms with Gasteiger partial charge in [0.2, 0.25) is 0 Å². The molecule has 3 aromatic heterocycles. The molecular formula is C26H28F2N6O. The van der Waals surface area contributed by atoms with E-state index in [2.05, 4.69) is 20.1 Å². The fourth-order valence-corrected chi connectivity index (χ4v) is 4.88. The summed E-state index contributed by atoms with van der Waals surface area (Å²) in [6.45, 7) is 8.24. The maximum atomic E-state index is 15.0. The van der Waals surface area contributed by atoms with Gasteiger partial charge in [0, 0.05) is 30.1 Å². The smallest absolute Gasteiger partial charge is 0.152 e. The quantitative estimate of drug-likeness (QED) is 0.393. The minimum atomic E-state index is -0.401. The number of ether oxygens (including phenoxy) is 1. The molecule has 0 N–H and O–H groups in total. The van der Waals surface area contributed by atoms with Gasteiger partial charge in [-0.25, -0.2) is 13.5 Å². The lowest BCUT2D eigenvalue weighted by atomic mass is 9.92. The molecule has 35 heavy (non-hydrogen) atoms. The molecule has 0 saturated carbocycles. The first-order chi connectivity index (χ1) is 17.0. The largest absolute Gasteiger partial charge is 0.494 e. The van der Waals surface area contributed by atoms with Crippen LogP contribution in [0, 0.1) is 25.5 Å². The molecule has 0 unspecified atom stereocenters. The van der Waals surface area contributed by atoms with Crippen molar-refractivity contribution >= 4 is 10.9 Å². The summed E-state index contributed by atoms with van der Waals surface area (Å²) in [6.07, 6.45) is 3.32. The van der Waals surface area contributed by atoms with E-state index in [-0.39, 0.29) is 11.7 Å². The second-order valence-corrected chi connectivity index (χ2v) is 8.92. The maximum Gasteiger partial charge on any atom is 0.152 e. The van der Waals surface area contributed by atoms with Crippen LogP contribution in [0.1, 0.15) is 48.5 Å². The fraction of sp³-hybridized carbons (Fsp3) is 0.385. The summed E-state index contributed by atoms with van der Waals surface area (Å²) in [5.74, 6) is -0.0191. The Bertz CT molecular complexity index is 1360. The number of benzene rings is 1. The van der Waals surface area contributed by atoms with Crippen LogP contribution in [0.4, 0.5) is 8.78 Å². The van der Waals surface area contributed by atoms with E-state index in [9.17, 15) is 8.78 Å². The molecule has 0 bridgehead atoms. The standard InChI is InChI=1S/C26H28F2N6O/c1-4-35-19-7-8-23(21(28)14-19)34-17(3)24-16(2)30-31-25(26(24)32-34)18-9-12-33(13-10-18)15-22-20(27)6-5-11-29-22/h5-8,11,14,18H,4,9-10,12-13,15H2,1-3H3. The molecule has 0 atom stereocenters. The molecule has 0 radical (unpaired) electrons. The van der Waals surface area contributed by atoms with E-state index in [0.717, 1.165) is 53.9 Å². The Labute approximate surface area is 202 Å². The number of nitrogens with zero attached hydrogens (tertiary/aromatic N) is 6. The first-order valence-corrected chi connectivity index (χ1v) is 11.9. The average molecular weight is 479 g/mol. The lowest BCUT2D eigenvalue weighted by molar-refractivity contribution is 0.198. The van der Waals surface area contributed by atoms with Crippen LogP contribution in [0.3, 0.4) is 0 Å². The number of rotatable bonds is 6. The number of aromatic nitrogens is 5. The number of piperidine rings is 1. The summed E-state index contributed by atoms with van der Waals surface area (Å²) in [6, 6.07) is 7.86. The Morgan fingerprint density at radius 1 is 1.06 bits per heavy atom. The van der Waals surface area contributed by atoms with Gasteiger partial charge < -0.3 is 4.74 Å². The minimum absolute atomic E-state index is 0.170. The predicted octanol–water partition coefficient (Wildman–Crippen LogP) is 4.88. The van der Waals surface area contributed by atoms with Gasteiger partial charge in [-0.3, -0.25) is 9.88 Å². The van der Waals surface area contributed by atoms with Crippen molar-refractivity contribution < 1.29 is 13.5 Å². The molecule has 4 aromatic rings. The third-order valence-electron chi connectivity index (χ3n) is 6.67. The lowest BCUT2D eigenvalue weighted by Crippen LogP contribution is -2.33. The Morgan fingerprint density at radius 2 is 1.86 bits per heavy atom. The summed E-state index contributed by atoms with van der Waals surface area (Å²) in [5.41, 5.74) is 4.01. The number of hydrogen-bond acceptors (Lipinski definition) is 6. The van der Waals surface area contributed by atoms with E-state index in [1.54, 1.807) is 29.1 Å². The van der Waals surface area contributed by atoms with Crippen LogP contribution in [0.25, 0.3) is 16.6 Å². The van der Waals surface area contributed by atoms with Gasteiger partial charge in [-0.05, 0) is 71.0 Å². The van der Waals surface area contributed by atoms with Crippen molar-refractivity contribution in [2.24, 2.45) is 0 Å². The topological polar surface area (TPSA) is 69.0 Å². The molecule has 4 heterocycles. The molecule has 9 heteroatoms. The molecule has 0 aliphatic carbocycles. The van der Waals surface area contributed by atoms with Crippen molar-refractivity contribution in [3.8, 4) is 11.4 Å². The van der Waals surface area contributed by atoms with Crippen molar-refractivity contribution in [1.29, 1.82) is 0 Å². The highest BCUT2D eigenvalue weighted by Gasteiger charge is 2.27. The minimum Gasteiger partial charge on any atom is -0.494 e. The third kappa shape index (κ3) is 4.48. The molecular weight excluding hydrogens is 450 g/mol. The summed E-state index contributed by atoms with van der Waals surface area (Å²) < 4.78 is 36.0. The number of halogens is 2. The van der Waals surface area contributed by atoms with E-state index < -0.39 is 5.82 Å². The van der Waals surface area contributed by atoms with E-state index in [1.165, 1.54) is 12.1 Å². The summed E-state index contributed by atoms with van der Waals surface area (Å²) in [5, 5.41) is 14.7. The molecule has 0 amide bonds. The first kappa shape index (κ1) is 23.3. The monoisotopic (exact) mass is 478 g/mol. The number of aryl methyl sites for hydroxylation is 2. The normalized spacial score (nSPS) is 15.1. The highest BCUT2D eigenvalue weighted by atomic mass is 19.1. The van der Waals surface area contributed by atoms with Gasteiger partial charge in [0.25, 0.3) is 0 Å². The highest BCUT2D eigenvalue weighted by molar-refractivity contribution is 5.86. The first-order valence-electron chi connectivity index (χ1n) is 11.9. The lowest BCUT2D eigenvalue weighted by Gasteiger charge is -2.31.